The molecule has 0 bridgehead atoms. The molecule has 0 aliphatic carbocycles. The molecule has 0 spiro atoms. The SMILES string of the molecule is CCNC(=NCc1cc2c(cc1OC(F)F)OCO2)NCc1ccccc1[N+](=O)[O-].I. The molecule has 0 amide bonds. The molecule has 0 radical (unpaired) electrons. The third-order valence-corrected chi connectivity index (χ3v) is 4.16. The van der Waals surface area contributed by atoms with Crippen molar-refractivity contribution in [2.75, 3.05) is 13.3 Å². The number of benzene rings is 2. The van der Waals surface area contributed by atoms with Crippen LogP contribution in [0.2, 0.25) is 0 Å². The van der Waals surface area contributed by atoms with Crippen molar-refractivity contribution in [1.29, 1.82) is 0 Å². The molecule has 2 aromatic carbocycles. The summed E-state index contributed by atoms with van der Waals surface area (Å²) in [7, 11) is 0. The minimum Gasteiger partial charge on any atom is -0.454 e. The molecular formula is C19H21F2IN4O5. The Bertz CT molecular complexity index is 946. The maximum absolute atomic E-state index is 12.8. The van der Waals surface area contributed by atoms with Gasteiger partial charge in [0.2, 0.25) is 6.79 Å². The van der Waals surface area contributed by atoms with Gasteiger partial charge in [0.1, 0.15) is 5.75 Å². The zero-order chi connectivity index (χ0) is 21.5. The number of guanidine groups is 1. The lowest BCUT2D eigenvalue weighted by molar-refractivity contribution is -0.385. The van der Waals surface area contributed by atoms with Crippen molar-refractivity contribution in [2.45, 2.75) is 26.6 Å². The second-order valence-electron chi connectivity index (χ2n) is 6.13. The number of nitro benzene ring substituents is 1. The number of hydrogen-bond donors (Lipinski definition) is 2. The topological polar surface area (TPSA) is 107 Å². The lowest BCUT2D eigenvalue weighted by Gasteiger charge is -2.13. The normalized spacial score (nSPS) is 12.3. The summed E-state index contributed by atoms with van der Waals surface area (Å²) in [5.74, 6) is 1.03. The summed E-state index contributed by atoms with van der Waals surface area (Å²) >= 11 is 0. The third-order valence-electron chi connectivity index (χ3n) is 4.16. The van der Waals surface area contributed by atoms with E-state index in [-0.39, 0.29) is 55.3 Å². The number of nitrogens with zero attached hydrogens (tertiary/aromatic N) is 2. The summed E-state index contributed by atoms with van der Waals surface area (Å²) in [4.78, 5) is 15.1. The molecule has 12 heteroatoms. The maximum atomic E-state index is 12.8. The Morgan fingerprint density at radius 1 is 1.23 bits per heavy atom. The average molecular weight is 550 g/mol. The summed E-state index contributed by atoms with van der Waals surface area (Å²) in [6.07, 6.45) is 0. The van der Waals surface area contributed by atoms with Crippen LogP contribution in [0.5, 0.6) is 17.2 Å². The highest BCUT2D eigenvalue weighted by atomic mass is 127. The van der Waals surface area contributed by atoms with Crippen molar-refractivity contribution in [3.05, 3.63) is 57.6 Å². The first-order valence-electron chi connectivity index (χ1n) is 9.09. The largest absolute Gasteiger partial charge is 0.454 e. The predicted molar refractivity (Wildman–Crippen MR) is 119 cm³/mol. The number of nitro groups is 1. The van der Waals surface area contributed by atoms with Crippen LogP contribution in [0.25, 0.3) is 0 Å². The summed E-state index contributed by atoms with van der Waals surface area (Å²) in [5.41, 5.74) is 0.851. The van der Waals surface area contributed by atoms with E-state index >= 15 is 0 Å². The number of hydrogen-bond acceptors (Lipinski definition) is 6. The molecule has 168 valence electrons. The monoisotopic (exact) mass is 550 g/mol. The average Bonchev–Trinajstić information content (AvgIpc) is 3.16. The highest BCUT2D eigenvalue weighted by Gasteiger charge is 2.20. The van der Waals surface area contributed by atoms with Crippen LogP contribution in [0, 0.1) is 10.1 Å². The molecule has 1 aliphatic rings. The number of alkyl halides is 2. The van der Waals surface area contributed by atoms with Gasteiger partial charge in [-0.25, -0.2) is 4.99 Å². The van der Waals surface area contributed by atoms with E-state index < -0.39 is 11.5 Å². The number of fused-ring (bicyclic) bond motifs is 1. The third kappa shape index (κ3) is 6.54. The molecule has 0 atom stereocenters. The molecule has 0 saturated heterocycles. The first kappa shape index (κ1) is 24.4. The van der Waals surface area contributed by atoms with E-state index in [9.17, 15) is 18.9 Å². The van der Waals surface area contributed by atoms with Gasteiger partial charge < -0.3 is 24.8 Å². The van der Waals surface area contributed by atoms with Crippen LogP contribution in [0.1, 0.15) is 18.1 Å². The predicted octanol–water partition coefficient (Wildman–Crippen LogP) is 3.80. The second-order valence-corrected chi connectivity index (χ2v) is 6.13. The van der Waals surface area contributed by atoms with E-state index in [1.54, 1.807) is 18.2 Å². The lowest BCUT2D eigenvalue weighted by Crippen LogP contribution is -2.36. The smallest absolute Gasteiger partial charge is 0.387 e. The molecule has 1 heterocycles. The van der Waals surface area contributed by atoms with Crippen LogP contribution >= 0.6 is 24.0 Å². The fourth-order valence-electron chi connectivity index (χ4n) is 2.82. The molecule has 0 fully saturated rings. The van der Waals surface area contributed by atoms with Crippen LogP contribution in [0.4, 0.5) is 14.5 Å². The Kier molecular flexibility index (Phi) is 9.03. The molecule has 9 nitrogen and oxygen atoms in total. The number of halogens is 3. The van der Waals surface area contributed by atoms with Gasteiger partial charge in [-0.05, 0) is 13.0 Å². The van der Waals surface area contributed by atoms with E-state index in [1.165, 1.54) is 18.2 Å². The number of ether oxygens (including phenoxy) is 3. The van der Waals surface area contributed by atoms with Gasteiger partial charge >= 0.3 is 6.61 Å². The van der Waals surface area contributed by atoms with E-state index in [0.29, 0.717) is 35.1 Å². The zero-order valence-corrected chi connectivity index (χ0v) is 18.8. The van der Waals surface area contributed by atoms with Gasteiger partial charge in [0.05, 0.1) is 11.5 Å². The highest BCUT2D eigenvalue weighted by Crippen LogP contribution is 2.39. The van der Waals surface area contributed by atoms with Crippen molar-refractivity contribution in [3.8, 4) is 17.2 Å². The summed E-state index contributed by atoms with van der Waals surface area (Å²) in [6.45, 7) is -0.456. The molecule has 1 aliphatic heterocycles. The van der Waals surface area contributed by atoms with Gasteiger partial charge in [-0.15, -0.1) is 24.0 Å². The Morgan fingerprint density at radius 3 is 2.61 bits per heavy atom. The van der Waals surface area contributed by atoms with Crippen molar-refractivity contribution < 1.29 is 27.9 Å². The molecular weight excluding hydrogens is 529 g/mol. The van der Waals surface area contributed by atoms with Crippen LogP contribution < -0.4 is 24.8 Å². The van der Waals surface area contributed by atoms with Gasteiger partial charge in [0, 0.05) is 36.3 Å². The Labute approximate surface area is 194 Å². The lowest BCUT2D eigenvalue weighted by atomic mass is 10.1. The molecule has 2 aromatic rings. The van der Waals surface area contributed by atoms with Crippen LogP contribution in [0.3, 0.4) is 0 Å². The fraction of sp³-hybridized carbons (Fsp3) is 0.316. The van der Waals surface area contributed by atoms with E-state index in [4.69, 9.17) is 9.47 Å². The number of aliphatic imine (C=N–C) groups is 1. The number of nitrogens with one attached hydrogen (secondary N) is 2. The van der Waals surface area contributed by atoms with E-state index in [1.807, 2.05) is 6.92 Å². The Hall–Kier alpha value is -2.90. The van der Waals surface area contributed by atoms with Crippen molar-refractivity contribution in [1.82, 2.24) is 10.6 Å². The first-order chi connectivity index (χ1) is 14.5. The molecule has 3 rings (SSSR count). The van der Waals surface area contributed by atoms with Crippen molar-refractivity contribution in [3.63, 3.8) is 0 Å². The molecule has 2 N–H and O–H groups in total. The quantitative estimate of drug-likeness (QED) is 0.169. The highest BCUT2D eigenvalue weighted by molar-refractivity contribution is 14.0. The minimum atomic E-state index is -3.00. The number of para-hydroxylation sites is 1. The fourth-order valence-corrected chi connectivity index (χ4v) is 2.82. The van der Waals surface area contributed by atoms with Gasteiger partial charge in [0.25, 0.3) is 5.69 Å². The van der Waals surface area contributed by atoms with Gasteiger partial charge in [0.15, 0.2) is 17.5 Å². The molecule has 0 saturated carbocycles. The van der Waals surface area contributed by atoms with Crippen LogP contribution in [-0.2, 0) is 13.1 Å². The van der Waals surface area contributed by atoms with E-state index in [0.717, 1.165) is 0 Å². The van der Waals surface area contributed by atoms with Crippen molar-refractivity contribution >= 4 is 35.6 Å². The summed E-state index contributed by atoms with van der Waals surface area (Å²) in [5, 5.41) is 17.2. The Balaban J connectivity index is 0.00000341. The van der Waals surface area contributed by atoms with Gasteiger partial charge in [-0.3, -0.25) is 10.1 Å². The van der Waals surface area contributed by atoms with Gasteiger partial charge in [-0.2, -0.15) is 8.78 Å². The molecule has 0 aromatic heterocycles. The van der Waals surface area contributed by atoms with Crippen LogP contribution in [-0.4, -0.2) is 30.8 Å². The zero-order valence-electron chi connectivity index (χ0n) is 16.5. The first-order valence-corrected chi connectivity index (χ1v) is 9.09. The molecule has 31 heavy (non-hydrogen) atoms. The van der Waals surface area contributed by atoms with Crippen LogP contribution in [0.15, 0.2) is 41.4 Å². The summed E-state index contributed by atoms with van der Waals surface area (Å²) in [6, 6.07) is 9.23. The van der Waals surface area contributed by atoms with Crippen molar-refractivity contribution in [2.24, 2.45) is 4.99 Å². The van der Waals surface area contributed by atoms with E-state index in [2.05, 4.69) is 20.4 Å². The van der Waals surface area contributed by atoms with Gasteiger partial charge in [-0.1, -0.05) is 18.2 Å². The standard InChI is InChI=1S/C19H20F2N4O5.HI/c1-2-22-19(23-9-12-5-3-4-6-14(12)25(26)27)24-10-13-7-16-17(29-11-28-16)8-15(13)30-18(20)21;/h3-8,18H,2,9-11H2,1H3,(H2,22,23,24);1H. The Morgan fingerprint density at radius 2 is 1.94 bits per heavy atom. The minimum absolute atomic E-state index is 0. The number of rotatable bonds is 8. The summed E-state index contributed by atoms with van der Waals surface area (Å²) < 4.78 is 40.6. The second kappa shape index (κ2) is 11.5. The molecule has 0 unspecified atom stereocenters. The maximum Gasteiger partial charge on any atom is 0.387 e.